The van der Waals surface area contributed by atoms with Gasteiger partial charge in [0.1, 0.15) is 23.1 Å². The quantitative estimate of drug-likeness (QED) is 0.278. The maximum atomic E-state index is 12.5. The fraction of sp³-hybridized carbons (Fsp3) is 0.391. The van der Waals surface area contributed by atoms with Crippen molar-refractivity contribution in [1.82, 2.24) is 9.71 Å². The zero-order valence-electron chi connectivity index (χ0n) is 19.3. The number of pyridine rings is 1. The number of halogens is 2. The summed E-state index contributed by atoms with van der Waals surface area (Å²) >= 11 is 12.1. The number of methoxy groups -OCH3 is 1. The van der Waals surface area contributed by atoms with E-state index in [0.717, 1.165) is 12.8 Å². The van der Waals surface area contributed by atoms with Crippen LogP contribution in [0.2, 0.25) is 10.0 Å². The van der Waals surface area contributed by atoms with Crippen LogP contribution in [0.15, 0.2) is 36.0 Å². The Balaban J connectivity index is 2.30. The standard InChI is InChI=1S/C23H28Cl2N2O6S/c1-4-5-6-11-34(29,30)27-22(28)16(2)12-17-7-8-19(32-10-9-31-3)14-21(17)33-23-20(25)13-18(24)15-26-23/h7-8,12-15H,4-6,9-11H2,1-3H3,(H,27,28). The molecule has 0 aliphatic rings. The lowest BCUT2D eigenvalue weighted by Gasteiger charge is -2.13. The van der Waals surface area contributed by atoms with Crippen LogP contribution in [0.4, 0.5) is 0 Å². The van der Waals surface area contributed by atoms with Crippen molar-refractivity contribution in [2.75, 3.05) is 26.1 Å². The van der Waals surface area contributed by atoms with Crippen LogP contribution >= 0.6 is 23.2 Å². The van der Waals surface area contributed by atoms with Gasteiger partial charge in [-0.2, -0.15) is 0 Å². The first-order valence-corrected chi connectivity index (χ1v) is 13.0. The number of sulfonamides is 1. The lowest BCUT2D eigenvalue weighted by molar-refractivity contribution is -0.115. The second-order valence-corrected chi connectivity index (χ2v) is 10.1. The Bertz CT molecular complexity index is 1120. The van der Waals surface area contributed by atoms with Crippen molar-refractivity contribution < 1.29 is 27.4 Å². The van der Waals surface area contributed by atoms with Gasteiger partial charge in [0.2, 0.25) is 15.9 Å². The predicted molar refractivity (Wildman–Crippen MR) is 133 cm³/mol. The summed E-state index contributed by atoms with van der Waals surface area (Å²) in [7, 11) is -2.15. The summed E-state index contributed by atoms with van der Waals surface area (Å²) in [6.07, 6.45) is 5.03. The molecule has 1 amide bonds. The molecular formula is C23H28Cl2N2O6S. The molecule has 11 heteroatoms. The van der Waals surface area contributed by atoms with Gasteiger partial charge in [0.05, 0.1) is 17.4 Å². The van der Waals surface area contributed by atoms with Crippen molar-refractivity contribution >= 4 is 45.2 Å². The fourth-order valence-electron chi connectivity index (χ4n) is 2.75. The van der Waals surface area contributed by atoms with Crippen LogP contribution in [0.25, 0.3) is 6.08 Å². The number of amides is 1. The Kier molecular flexibility index (Phi) is 11.1. The van der Waals surface area contributed by atoms with Crippen LogP contribution in [0.3, 0.4) is 0 Å². The minimum atomic E-state index is -3.72. The summed E-state index contributed by atoms with van der Waals surface area (Å²) in [6, 6.07) is 6.47. The molecule has 1 N–H and O–H groups in total. The largest absolute Gasteiger partial charge is 0.491 e. The van der Waals surface area contributed by atoms with Crippen molar-refractivity contribution in [3.8, 4) is 17.4 Å². The molecule has 0 aliphatic heterocycles. The molecule has 8 nitrogen and oxygen atoms in total. The number of unbranched alkanes of at least 4 members (excludes halogenated alkanes) is 2. The smallest absolute Gasteiger partial charge is 0.260 e. The molecule has 0 unspecified atom stereocenters. The van der Waals surface area contributed by atoms with Crippen LogP contribution in [0, 0.1) is 0 Å². The number of nitrogens with zero attached hydrogens (tertiary/aromatic N) is 1. The Labute approximate surface area is 210 Å². The number of aromatic nitrogens is 1. The van der Waals surface area contributed by atoms with Gasteiger partial charge in [-0.15, -0.1) is 0 Å². The van der Waals surface area contributed by atoms with Crippen molar-refractivity contribution in [2.45, 2.75) is 33.1 Å². The monoisotopic (exact) mass is 530 g/mol. The summed E-state index contributed by atoms with van der Waals surface area (Å²) < 4.78 is 43.0. The summed E-state index contributed by atoms with van der Waals surface area (Å²) in [5.41, 5.74) is 0.662. The van der Waals surface area contributed by atoms with E-state index in [0.29, 0.717) is 41.7 Å². The van der Waals surface area contributed by atoms with Gasteiger partial charge < -0.3 is 14.2 Å². The lowest BCUT2D eigenvalue weighted by Crippen LogP contribution is -2.33. The molecule has 2 aromatic rings. The number of rotatable bonds is 13. The lowest BCUT2D eigenvalue weighted by atomic mass is 10.1. The van der Waals surface area contributed by atoms with Crippen molar-refractivity contribution in [3.63, 3.8) is 0 Å². The zero-order valence-corrected chi connectivity index (χ0v) is 21.6. The minimum absolute atomic E-state index is 0.107. The molecule has 0 saturated carbocycles. The number of ether oxygens (including phenoxy) is 3. The van der Waals surface area contributed by atoms with E-state index in [2.05, 4.69) is 9.71 Å². The number of nitrogens with one attached hydrogen (secondary N) is 1. The third-order valence-corrected chi connectivity index (χ3v) is 6.32. The summed E-state index contributed by atoms with van der Waals surface area (Å²) in [5, 5.41) is 0.544. The van der Waals surface area contributed by atoms with Crippen molar-refractivity contribution in [1.29, 1.82) is 0 Å². The van der Waals surface area contributed by atoms with Crippen LogP contribution in [-0.4, -0.2) is 45.4 Å². The molecule has 0 aliphatic carbocycles. The van der Waals surface area contributed by atoms with E-state index in [4.69, 9.17) is 37.4 Å². The van der Waals surface area contributed by atoms with Gasteiger partial charge in [-0.3, -0.25) is 4.79 Å². The second-order valence-electron chi connectivity index (χ2n) is 7.37. The summed E-state index contributed by atoms with van der Waals surface area (Å²) in [4.78, 5) is 16.6. The van der Waals surface area contributed by atoms with Crippen LogP contribution in [-0.2, 0) is 19.6 Å². The average Bonchev–Trinajstić information content (AvgIpc) is 2.77. The average molecular weight is 531 g/mol. The van der Waals surface area contributed by atoms with E-state index in [9.17, 15) is 13.2 Å². The molecule has 0 saturated heterocycles. The van der Waals surface area contributed by atoms with Gasteiger partial charge in [0.15, 0.2) is 0 Å². The highest BCUT2D eigenvalue weighted by atomic mass is 35.5. The molecule has 34 heavy (non-hydrogen) atoms. The molecule has 0 bridgehead atoms. The Hall–Kier alpha value is -2.33. The predicted octanol–water partition coefficient (Wildman–Crippen LogP) is 5.25. The molecule has 0 fully saturated rings. The SMILES string of the molecule is CCCCCS(=O)(=O)NC(=O)C(C)=Cc1ccc(OCCOC)cc1Oc1ncc(Cl)cc1Cl. The first-order valence-electron chi connectivity index (χ1n) is 10.6. The second kappa shape index (κ2) is 13.5. The highest BCUT2D eigenvalue weighted by molar-refractivity contribution is 7.90. The molecule has 0 radical (unpaired) electrons. The van der Waals surface area contributed by atoms with Gasteiger partial charge in [-0.1, -0.05) is 43.0 Å². The number of benzene rings is 1. The van der Waals surface area contributed by atoms with Gasteiger partial charge in [0, 0.05) is 30.5 Å². The van der Waals surface area contributed by atoms with E-state index < -0.39 is 15.9 Å². The first-order chi connectivity index (χ1) is 16.1. The highest BCUT2D eigenvalue weighted by Crippen LogP contribution is 2.34. The maximum absolute atomic E-state index is 12.5. The third kappa shape index (κ3) is 9.13. The van der Waals surface area contributed by atoms with Crippen molar-refractivity contribution in [2.24, 2.45) is 0 Å². The molecule has 2 rings (SSSR count). The third-order valence-electron chi connectivity index (χ3n) is 4.52. The van der Waals surface area contributed by atoms with Gasteiger partial charge >= 0.3 is 0 Å². The van der Waals surface area contributed by atoms with Crippen molar-refractivity contribution in [3.05, 3.63) is 51.6 Å². The number of hydrogen-bond acceptors (Lipinski definition) is 7. The van der Waals surface area contributed by atoms with Crippen LogP contribution in [0.5, 0.6) is 17.4 Å². The molecule has 1 aromatic heterocycles. The minimum Gasteiger partial charge on any atom is -0.491 e. The van der Waals surface area contributed by atoms with E-state index in [1.165, 1.54) is 25.3 Å². The molecule has 186 valence electrons. The van der Waals surface area contributed by atoms with E-state index >= 15 is 0 Å². The summed E-state index contributed by atoms with van der Waals surface area (Å²) in [5.74, 6) is 0.0722. The topological polar surface area (TPSA) is 104 Å². The fourth-order valence-corrected chi connectivity index (χ4v) is 4.30. The number of carbonyl (C=O) groups is 1. The number of hydrogen-bond donors (Lipinski definition) is 1. The van der Waals surface area contributed by atoms with Gasteiger partial charge in [0.25, 0.3) is 5.91 Å². The number of carbonyl (C=O) groups excluding carboxylic acids is 1. The Morgan fingerprint density at radius 2 is 1.94 bits per heavy atom. The van der Waals surface area contributed by atoms with Crippen LogP contribution in [0.1, 0.15) is 38.7 Å². The van der Waals surface area contributed by atoms with Crippen LogP contribution < -0.4 is 14.2 Å². The van der Waals surface area contributed by atoms with E-state index in [1.807, 2.05) is 6.92 Å². The molecule has 1 aromatic carbocycles. The molecule has 0 atom stereocenters. The molecule has 0 spiro atoms. The summed E-state index contributed by atoms with van der Waals surface area (Å²) in [6.45, 7) is 4.20. The van der Waals surface area contributed by atoms with E-state index in [1.54, 1.807) is 25.3 Å². The Morgan fingerprint density at radius 1 is 1.18 bits per heavy atom. The molecule has 1 heterocycles. The highest BCUT2D eigenvalue weighted by Gasteiger charge is 2.17. The normalized spacial score (nSPS) is 11.9. The zero-order chi connectivity index (χ0) is 25.1. The first kappa shape index (κ1) is 27.9. The van der Waals surface area contributed by atoms with Gasteiger partial charge in [-0.05, 0) is 37.6 Å². The van der Waals surface area contributed by atoms with E-state index in [-0.39, 0.29) is 22.2 Å². The molecular weight excluding hydrogens is 503 g/mol. The maximum Gasteiger partial charge on any atom is 0.260 e. The Morgan fingerprint density at radius 3 is 2.62 bits per heavy atom. The van der Waals surface area contributed by atoms with Gasteiger partial charge in [-0.25, -0.2) is 18.1 Å².